The highest BCUT2D eigenvalue weighted by Gasteiger charge is 2.25. The van der Waals surface area contributed by atoms with E-state index in [1.165, 1.54) is 44.5 Å². The van der Waals surface area contributed by atoms with E-state index in [4.69, 9.17) is 34.8 Å². The summed E-state index contributed by atoms with van der Waals surface area (Å²) >= 11 is 20.5. The van der Waals surface area contributed by atoms with Crippen molar-refractivity contribution in [2.45, 2.75) is 140 Å². The van der Waals surface area contributed by atoms with Crippen LogP contribution in [-0.4, -0.2) is 0 Å². The summed E-state index contributed by atoms with van der Waals surface area (Å²) in [7, 11) is 0. The van der Waals surface area contributed by atoms with Gasteiger partial charge in [-0.25, -0.2) is 0 Å². The van der Waals surface area contributed by atoms with E-state index in [0.717, 1.165) is 62.6 Å². The molecule has 0 saturated heterocycles. The maximum absolute atomic E-state index is 7.48. The van der Waals surface area contributed by atoms with Crippen molar-refractivity contribution in [2.24, 2.45) is 0 Å². The molecule has 4 nitrogen and oxygen atoms in total. The van der Waals surface area contributed by atoms with Crippen molar-refractivity contribution in [1.82, 2.24) is 0 Å². The molecule has 0 aliphatic carbocycles. The van der Waals surface area contributed by atoms with E-state index in [2.05, 4.69) is 343 Å². The van der Waals surface area contributed by atoms with Gasteiger partial charge in [-0.1, -0.05) is 257 Å². The summed E-state index contributed by atoms with van der Waals surface area (Å²) in [5.74, 6) is 0. The SMILES string of the molecule is C.CC(C)(C)c1ccc(N(c2ccc(C(C)(C)C)cc2)c2cccc(Cl)c2Cl)cc1.Cc1ccc(N(c2ccc(C)cc2)c2cccc(N(c3ccc(C(C)(C)C)cc3)c3ccc(C(C)(C)C)cc3)c2Cl)cc1.Cc1ccc(Nc2ccc(C)cc2)cc1. The topological polar surface area (TPSA) is 21.8 Å². The van der Waals surface area contributed by atoms with E-state index in [9.17, 15) is 0 Å². The molecule has 0 spiro atoms. The number of aryl methyl sites for hydroxylation is 4. The highest BCUT2D eigenvalue weighted by molar-refractivity contribution is 6.44. The second-order valence-corrected chi connectivity index (χ2v) is 28.1. The van der Waals surface area contributed by atoms with E-state index < -0.39 is 0 Å². The zero-order valence-electron chi connectivity index (χ0n) is 53.9. The minimum Gasteiger partial charge on any atom is -0.356 e. The Balaban J connectivity index is 0.000000210. The number of nitrogens with one attached hydrogen (secondary N) is 1. The number of hydrogen-bond donors (Lipinski definition) is 1. The molecular formula is C81H91Cl3N4. The molecule has 7 heteroatoms. The van der Waals surface area contributed by atoms with Crippen LogP contribution in [0.15, 0.2) is 231 Å². The van der Waals surface area contributed by atoms with Crippen LogP contribution in [0.2, 0.25) is 15.1 Å². The molecule has 0 aliphatic rings. The summed E-state index contributed by atoms with van der Waals surface area (Å²) in [5, 5.41) is 5.14. The highest BCUT2D eigenvalue weighted by atomic mass is 35.5. The summed E-state index contributed by atoms with van der Waals surface area (Å²) in [4.78, 5) is 6.68. The predicted molar refractivity (Wildman–Crippen MR) is 389 cm³/mol. The van der Waals surface area contributed by atoms with Crippen molar-refractivity contribution < 1.29 is 0 Å². The molecule has 0 atom stereocenters. The summed E-state index contributed by atoms with van der Waals surface area (Å²) in [6.45, 7) is 35.2. The molecule has 0 bridgehead atoms. The molecule has 0 heterocycles. The van der Waals surface area contributed by atoms with Crippen molar-refractivity contribution in [2.75, 3.05) is 20.0 Å². The Kier molecular flexibility index (Phi) is 22.0. The third-order valence-corrected chi connectivity index (χ3v) is 16.8. The van der Waals surface area contributed by atoms with Gasteiger partial charge in [-0.15, -0.1) is 0 Å². The van der Waals surface area contributed by atoms with Crippen LogP contribution in [0.3, 0.4) is 0 Å². The van der Waals surface area contributed by atoms with Crippen molar-refractivity contribution in [3.05, 3.63) is 290 Å². The molecule has 0 amide bonds. The Morgan fingerprint density at radius 2 is 0.466 bits per heavy atom. The van der Waals surface area contributed by atoms with Gasteiger partial charge in [0.25, 0.3) is 0 Å². The minimum absolute atomic E-state index is 0. The first-order valence-electron chi connectivity index (χ1n) is 30.1. The molecule has 0 aliphatic heterocycles. The number of halogens is 3. The fourth-order valence-electron chi connectivity index (χ4n) is 10.1. The van der Waals surface area contributed by atoms with E-state index in [1.807, 2.05) is 18.2 Å². The molecule has 10 rings (SSSR count). The molecule has 88 heavy (non-hydrogen) atoms. The van der Waals surface area contributed by atoms with Crippen molar-refractivity contribution >= 4 is 97.4 Å². The van der Waals surface area contributed by atoms with E-state index >= 15 is 0 Å². The van der Waals surface area contributed by atoms with Gasteiger partial charge in [0.1, 0.15) is 0 Å². The van der Waals surface area contributed by atoms with Crippen LogP contribution in [0.1, 0.15) is 135 Å². The van der Waals surface area contributed by atoms with Gasteiger partial charge in [0.05, 0.1) is 32.1 Å². The quantitative estimate of drug-likeness (QED) is 0.139. The molecular weight excluding hydrogens is 1140 g/mol. The van der Waals surface area contributed by atoms with Gasteiger partial charge in [0, 0.05) is 45.5 Å². The number of rotatable bonds is 11. The van der Waals surface area contributed by atoms with Gasteiger partial charge in [0.15, 0.2) is 0 Å². The molecule has 10 aromatic carbocycles. The van der Waals surface area contributed by atoms with E-state index in [1.54, 1.807) is 0 Å². The fourth-order valence-corrected chi connectivity index (χ4v) is 10.7. The zero-order chi connectivity index (χ0) is 63.0. The average Bonchev–Trinajstić information content (AvgIpc) is 2.33. The molecule has 0 fully saturated rings. The number of benzene rings is 10. The Morgan fingerprint density at radius 1 is 0.261 bits per heavy atom. The predicted octanol–water partition coefficient (Wildman–Crippen LogP) is 26.2. The first-order chi connectivity index (χ1) is 41.0. The zero-order valence-corrected chi connectivity index (χ0v) is 56.2. The number of hydrogen-bond acceptors (Lipinski definition) is 4. The second kappa shape index (κ2) is 28.6. The Bertz CT molecular complexity index is 3620. The number of nitrogens with zero attached hydrogens (tertiary/aromatic N) is 3. The smallest absolute Gasteiger partial charge is 0.0887 e. The third kappa shape index (κ3) is 17.3. The minimum atomic E-state index is 0. The van der Waals surface area contributed by atoms with Crippen LogP contribution >= 0.6 is 34.8 Å². The van der Waals surface area contributed by atoms with Crippen molar-refractivity contribution in [3.8, 4) is 0 Å². The Labute approximate surface area is 543 Å². The fraction of sp³-hybridized carbons (Fsp3) is 0.259. The monoisotopic (exact) mass is 1220 g/mol. The van der Waals surface area contributed by atoms with Crippen LogP contribution in [0.4, 0.5) is 62.6 Å². The summed E-state index contributed by atoms with van der Waals surface area (Å²) in [6, 6.07) is 81.2. The summed E-state index contributed by atoms with van der Waals surface area (Å²) < 4.78 is 0. The first kappa shape index (κ1) is 67.8. The van der Waals surface area contributed by atoms with Crippen molar-refractivity contribution in [1.29, 1.82) is 0 Å². The lowest BCUT2D eigenvalue weighted by Crippen LogP contribution is -2.16. The largest absolute Gasteiger partial charge is 0.356 e. The normalized spacial score (nSPS) is 11.5. The summed E-state index contributed by atoms with van der Waals surface area (Å²) in [5.41, 5.74) is 21.8. The van der Waals surface area contributed by atoms with Crippen LogP contribution in [-0.2, 0) is 21.7 Å². The number of anilines is 11. The summed E-state index contributed by atoms with van der Waals surface area (Å²) in [6.07, 6.45) is 0. The lowest BCUT2D eigenvalue weighted by atomic mass is 9.86. The Hall–Kier alpha value is -7.73. The van der Waals surface area contributed by atoms with Crippen molar-refractivity contribution in [3.63, 3.8) is 0 Å². The standard InChI is InChI=1S/C40H43ClN2.C26H29Cl2N.C14H15N.CH4/c1-28-12-20-32(21-13-28)42(33-22-14-29(2)15-23-33)36-10-9-11-37(38(36)41)43(34-24-16-30(17-25-34)39(3,4)5)35-26-18-31(19-27-35)40(6,7)8;1-25(2,3)18-10-14-20(15-11-18)29(23-9-7-8-22(27)24(23)28)21-16-12-19(13-17-21)26(4,5)6;1-11-3-7-13(8-4-11)15-14-9-5-12(2)6-10-14;/h9-27H,1-8H3;7-17H,1-6H3;3-10,15H,1-2H3;1H4. The van der Waals surface area contributed by atoms with E-state index in [-0.39, 0.29) is 29.1 Å². The molecule has 456 valence electrons. The maximum Gasteiger partial charge on any atom is 0.0887 e. The molecule has 10 aromatic rings. The average molecular weight is 1230 g/mol. The van der Waals surface area contributed by atoms with Crippen LogP contribution in [0.25, 0.3) is 0 Å². The Morgan fingerprint density at radius 3 is 0.705 bits per heavy atom. The van der Waals surface area contributed by atoms with Gasteiger partial charge >= 0.3 is 0 Å². The van der Waals surface area contributed by atoms with E-state index in [0.29, 0.717) is 15.1 Å². The lowest BCUT2D eigenvalue weighted by Gasteiger charge is -2.31. The van der Waals surface area contributed by atoms with Crippen LogP contribution < -0.4 is 20.0 Å². The molecule has 0 aromatic heterocycles. The highest BCUT2D eigenvalue weighted by Crippen LogP contribution is 2.48. The van der Waals surface area contributed by atoms with Gasteiger partial charge in [-0.2, -0.15) is 0 Å². The van der Waals surface area contributed by atoms with Gasteiger partial charge in [-0.05, 0) is 193 Å². The molecule has 0 unspecified atom stereocenters. The van der Waals surface area contributed by atoms with Gasteiger partial charge in [0.2, 0.25) is 0 Å². The molecule has 0 saturated carbocycles. The first-order valence-corrected chi connectivity index (χ1v) is 31.3. The van der Waals surface area contributed by atoms with Crippen LogP contribution in [0.5, 0.6) is 0 Å². The second-order valence-electron chi connectivity index (χ2n) is 26.9. The van der Waals surface area contributed by atoms with Gasteiger partial charge in [-0.3, -0.25) is 0 Å². The maximum atomic E-state index is 7.48. The van der Waals surface area contributed by atoms with Gasteiger partial charge < -0.3 is 20.0 Å². The third-order valence-electron chi connectivity index (χ3n) is 15.6. The lowest BCUT2D eigenvalue weighted by molar-refractivity contribution is 0.590. The van der Waals surface area contributed by atoms with Crippen LogP contribution in [0, 0.1) is 27.7 Å². The molecule has 0 radical (unpaired) electrons. The molecule has 1 N–H and O–H groups in total.